The molecule has 0 amide bonds. The van der Waals surface area contributed by atoms with Crippen LogP contribution in [0.15, 0.2) is 66.7 Å². The molecule has 0 heterocycles. The largest absolute Gasteiger partial charge is 0.497 e. The van der Waals surface area contributed by atoms with Gasteiger partial charge in [-0.15, -0.1) is 0 Å². The Kier molecular flexibility index (Phi) is 5.40. The van der Waals surface area contributed by atoms with Gasteiger partial charge < -0.3 is 14.2 Å². The van der Waals surface area contributed by atoms with Gasteiger partial charge in [-0.2, -0.15) is 5.26 Å². The van der Waals surface area contributed by atoms with Crippen LogP contribution in [-0.2, 0) is 6.61 Å². The van der Waals surface area contributed by atoms with E-state index in [0.717, 1.165) is 22.4 Å². The zero-order valence-electron chi connectivity index (χ0n) is 14.7. The minimum Gasteiger partial charge on any atom is -0.497 e. The van der Waals surface area contributed by atoms with Crippen LogP contribution in [0.5, 0.6) is 17.2 Å². The summed E-state index contributed by atoms with van der Waals surface area (Å²) in [5.41, 5.74) is 3.25. The van der Waals surface area contributed by atoms with Crippen LogP contribution in [0, 0.1) is 11.3 Å². The van der Waals surface area contributed by atoms with Crippen molar-refractivity contribution in [3.05, 3.63) is 77.9 Å². The van der Waals surface area contributed by atoms with Crippen molar-refractivity contribution in [2.75, 3.05) is 14.2 Å². The molecule has 0 saturated heterocycles. The first-order valence-electron chi connectivity index (χ1n) is 8.18. The molecule has 0 aliphatic rings. The second kappa shape index (κ2) is 8.09. The maximum absolute atomic E-state index is 9.53. The second-order valence-corrected chi connectivity index (χ2v) is 5.66. The van der Waals surface area contributed by atoms with Crippen LogP contribution in [0.3, 0.4) is 0 Å². The molecule has 4 heteroatoms. The van der Waals surface area contributed by atoms with Gasteiger partial charge in [-0.1, -0.05) is 36.4 Å². The van der Waals surface area contributed by atoms with Crippen LogP contribution in [0.25, 0.3) is 11.1 Å². The summed E-state index contributed by atoms with van der Waals surface area (Å²) in [5, 5.41) is 9.53. The average Bonchev–Trinajstić information content (AvgIpc) is 2.72. The summed E-state index contributed by atoms with van der Waals surface area (Å²) in [4.78, 5) is 0. The fraction of sp³-hybridized carbons (Fsp3) is 0.136. The second-order valence-electron chi connectivity index (χ2n) is 5.66. The molecule has 0 atom stereocenters. The first-order valence-corrected chi connectivity index (χ1v) is 8.18. The molecule has 0 aromatic heterocycles. The summed E-state index contributed by atoms with van der Waals surface area (Å²) in [6.45, 7) is 0.414. The van der Waals surface area contributed by atoms with E-state index in [9.17, 15) is 5.26 Å². The number of benzene rings is 3. The van der Waals surface area contributed by atoms with Crippen molar-refractivity contribution < 1.29 is 14.2 Å². The molecule has 26 heavy (non-hydrogen) atoms. The van der Waals surface area contributed by atoms with E-state index < -0.39 is 0 Å². The van der Waals surface area contributed by atoms with Crippen LogP contribution < -0.4 is 14.2 Å². The lowest BCUT2D eigenvalue weighted by Crippen LogP contribution is -1.97. The van der Waals surface area contributed by atoms with Gasteiger partial charge in [0, 0.05) is 5.56 Å². The van der Waals surface area contributed by atoms with E-state index >= 15 is 0 Å². The topological polar surface area (TPSA) is 51.5 Å². The van der Waals surface area contributed by atoms with Gasteiger partial charge in [-0.3, -0.25) is 0 Å². The van der Waals surface area contributed by atoms with Crippen LogP contribution in [0.1, 0.15) is 11.1 Å². The lowest BCUT2D eigenvalue weighted by Gasteiger charge is -2.13. The van der Waals surface area contributed by atoms with Gasteiger partial charge in [0.05, 0.1) is 19.8 Å². The van der Waals surface area contributed by atoms with Crippen molar-refractivity contribution in [3.63, 3.8) is 0 Å². The number of hydrogen-bond acceptors (Lipinski definition) is 4. The maximum Gasteiger partial charge on any atom is 0.137 e. The van der Waals surface area contributed by atoms with E-state index in [1.54, 1.807) is 20.3 Å². The molecule has 0 bridgehead atoms. The number of rotatable bonds is 6. The molecular formula is C22H19NO3. The molecule has 0 radical (unpaired) electrons. The van der Waals surface area contributed by atoms with Gasteiger partial charge in [-0.05, 0) is 41.5 Å². The molecule has 3 rings (SSSR count). The SMILES string of the molecule is COc1ccc(OC)c(-c2ccc(OCc3ccccc3)c(C#N)c2)c1. The Morgan fingerprint density at radius 1 is 0.846 bits per heavy atom. The summed E-state index contributed by atoms with van der Waals surface area (Å²) in [7, 11) is 3.24. The number of nitrogens with zero attached hydrogens (tertiary/aromatic N) is 1. The van der Waals surface area contributed by atoms with E-state index in [1.807, 2.05) is 60.7 Å². The summed E-state index contributed by atoms with van der Waals surface area (Å²) in [6.07, 6.45) is 0. The smallest absolute Gasteiger partial charge is 0.137 e. The fourth-order valence-electron chi connectivity index (χ4n) is 2.69. The van der Waals surface area contributed by atoms with Crippen LogP contribution in [0.2, 0.25) is 0 Å². The number of methoxy groups -OCH3 is 2. The van der Waals surface area contributed by atoms with E-state index in [-0.39, 0.29) is 0 Å². The minimum absolute atomic E-state index is 0.414. The predicted octanol–water partition coefficient (Wildman–Crippen LogP) is 4.82. The van der Waals surface area contributed by atoms with Crippen molar-refractivity contribution >= 4 is 0 Å². The van der Waals surface area contributed by atoms with Crippen LogP contribution in [-0.4, -0.2) is 14.2 Å². The Bertz CT molecular complexity index is 930. The van der Waals surface area contributed by atoms with E-state index in [2.05, 4.69) is 6.07 Å². The lowest BCUT2D eigenvalue weighted by atomic mass is 10.0. The van der Waals surface area contributed by atoms with Gasteiger partial charge >= 0.3 is 0 Å². The third-order valence-corrected chi connectivity index (χ3v) is 4.05. The van der Waals surface area contributed by atoms with Gasteiger partial charge in [0.2, 0.25) is 0 Å². The van der Waals surface area contributed by atoms with E-state index in [0.29, 0.717) is 23.7 Å². The molecule has 0 aliphatic carbocycles. The molecule has 3 aromatic rings. The predicted molar refractivity (Wildman–Crippen MR) is 100 cm³/mol. The highest BCUT2D eigenvalue weighted by Crippen LogP contribution is 2.35. The first-order chi connectivity index (χ1) is 12.7. The van der Waals surface area contributed by atoms with Gasteiger partial charge in [0.15, 0.2) is 0 Å². The first kappa shape index (κ1) is 17.4. The minimum atomic E-state index is 0.414. The Morgan fingerprint density at radius 2 is 1.62 bits per heavy atom. The normalized spacial score (nSPS) is 10.0. The summed E-state index contributed by atoms with van der Waals surface area (Å²) in [5.74, 6) is 2.00. The summed E-state index contributed by atoms with van der Waals surface area (Å²) >= 11 is 0. The summed E-state index contributed by atoms with van der Waals surface area (Å²) in [6, 6.07) is 23.2. The molecule has 0 unspecified atom stereocenters. The molecule has 0 fully saturated rings. The van der Waals surface area contributed by atoms with E-state index in [4.69, 9.17) is 14.2 Å². The van der Waals surface area contributed by atoms with Crippen molar-refractivity contribution in [2.24, 2.45) is 0 Å². The standard InChI is InChI=1S/C22H19NO3/c1-24-19-9-11-22(25-2)20(13-19)17-8-10-21(18(12-17)14-23)26-15-16-6-4-3-5-7-16/h3-13H,15H2,1-2H3. The molecule has 3 aromatic carbocycles. The molecule has 130 valence electrons. The highest BCUT2D eigenvalue weighted by Gasteiger charge is 2.11. The van der Waals surface area contributed by atoms with Crippen molar-refractivity contribution in [1.82, 2.24) is 0 Å². The van der Waals surface area contributed by atoms with Crippen LogP contribution in [0.4, 0.5) is 0 Å². The zero-order valence-corrected chi connectivity index (χ0v) is 14.7. The van der Waals surface area contributed by atoms with Crippen LogP contribution >= 0.6 is 0 Å². The zero-order chi connectivity index (χ0) is 18.4. The molecular weight excluding hydrogens is 326 g/mol. The monoisotopic (exact) mass is 345 g/mol. The third kappa shape index (κ3) is 3.79. The van der Waals surface area contributed by atoms with Gasteiger partial charge in [-0.25, -0.2) is 0 Å². The Balaban J connectivity index is 1.91. The van der Waals surface area contributed by atoms with Crippen molar-refractivity contribution in [2.45, 2.75) is 6.61 Å². The molecule has 0 saturated carbocycles. The van der Waals surface area contributed by atoms with Gasteiger partial charge in [0.25, 0.3) is 0 Å². The number of nitriles is 1. The Morgan fingerprint density at radius 3 is 2.31 bits per heavy atom. The maximum atomic E-state index is 9.53. The fourth-order valence-corrected chi connectivity index (χ4v) is 2.69. The highest BCUT2D eigenvalue weighted by molar-refractivity contribution is 5.74. The highest BCUT2D eigenvalue weighted by atomic mass is 16.5. The number of ether oxygens (including phenoxy) is 3. The third-order valence-electron chi connectivity index (χ3n) is 4.05. The molecule has 0 aliphatic heterocycles. The summed E-state index contributed by atoms with van der Waals surface area (Å²) < 4.78 is 16.6. The molecule has 0 N–H and O–H groups in total. The molecule has 4 nitrogen and oxygen atoms in total. The average molecular weight is 345 g/mol. The Hall–Kier alpha value is -3.45. The number of hydrogen-bond donors (Lipinski definition) is 0. The van der Waals surface area contributed by atoms with Gasteiger partial charge in [0.1, 0.15) is 29.9 Å². The quantitative estimate of drug-likeness (QED) is 0.642. The van der Waals surface area contributed by atoms with Crippen molar-refractivity contribution in [1.29, 1.82) is 5.26 Å². The van der Waals surface area contributed by atoms with Crippen molar-refractivity contribution in [3.8, 4) is 34.4 Å². The van der Waals surface area contributed by atoms with E-state index in [1.165, 1.54) is 0 Å². The Labute approximate surface area is 153 Å². The molecule has 0 spiro atoms. The lowest BCUT2D eigenvalue weighted by molar-refractivity contribution is 0.305.